The molecule has 1 heterocycles. The highest BCUT2D eigenvalue weighted by molar-refractivity contribution is 5.14. The van der Waals surface area contributed by atoms with Gasteiger partial charge in [-0.3, -0.25) is 4.90 Å². The van der Waals surface area contributed by atoms with Gasteiger partial charge in [0.1, 0.15) is 0 Å². The van der Waals surface area contributed by atoms with E-state index in [-0.39, 0.29) is 0 Å². The molecule has 1 aromatic carbocycles. The van der Waals surface area contributed by atoms with Gasteiger partial charge in [0.2, 0.25) is 0 Å². The van der Waals surface area contributed by atoms with Crippen LogP contribution in [-0.4, -0.2) is 28.7 Å². The van der Waals surface area contributed by atoms with Crippen LogP contribution in [0.5, 0.6) is 0 Å². The van der Waals surface area contributed by atoms with E-state index < -0.39 is 5.60 Å². The summed E-state index contributed by atoms with van der Waals surface area (Å²) in [4.78, 5) is 2.48. The molecule has 19 heavy (non-hydrogen) atoms. The van der Waals surface area contributed by atoms with E-state index in [1.165, 1.54) is 5.56 Å². The number of benzene rings is 1. The van der Waals surface area contributed by atoms with Crippen LogP contribution in [0, 0.1) is 5.92 Å². The van der Waals surface area contributed by atoms with Crippen molar-refractivity contribution in [3.63, 3.8) is 0 Å². The van der Waals surface area contributed by atoms with Gasteiger partial charge in [-0.15, -0.1) is 0 Å². The molecule has 1 atom stereocenters. The molecule has 1 aromatic rings. The molecule has 0 bridgehead atoms. The van der Waals surface area contributed by atoms with Crippen molar-refractivity contribution < 1.29 is 5.11 Å². The molecule has 106 valence electrons. The van der Waals surface area contributed by atoms with E-state index in [0.29, 0.717) is 5.92 Å². The number of hydrogen-bond acceptors (Lipinski definition) is 2. The quantitative estimate of drug-likeness (QED) is 0.897. The van der Waals surface area contributed by atoms with Crippen molar-refractivity contribution in [2.45, 2.75) is 51.7 Å². The Kier molecular flexibility index (Phi) is 5.00. The monoisotopic (exact) mass is 261 g/mol. The van der Waals surface area contributed by atoms with E-state index in [2.05, 4.69) is 49.1 Å². The molecule has 2 rings (SSSR count). The lowest BCUT2D eigenvalue weighted by molar-refractivity contribution is 0.00568. The lowest BCUT2D eigenvalue weighted by atomic mass is 9.86. The normalized spacial score (nSPS) is 25.5. The number of nitrogens with zero attached hydrogens (tertiary/aromatic N) is 1. The van der Waals surface area contributed by atoms with Crippen molar-refractivity contribution in [3.8, 4) is 0 Å². The standard InChI is InChI=1S/C17H27NO/c1-15(2)13-17(19)9-6-11-18(12-10-17)14-16-7-4-3-5-8-16/h3-5,7-8,15,19H,6,9-14H2,1-2H3. The Morgan fingerprint density at radius 3 is 2.58 bits per heavy atom. The van der Waals surface area contributed by atoms with E-state index in [1.807, 2.05) is 0 Å². The van der Waals surface area contributed by atoms with Crippen molar-refractivity contribution in [1.29, 1.82) is 0 Å². The Morgan fingerprint density at radius 2 is 1.89 bits per heavy atom. The van der Waals surface area contributed by atoms with Gasteiger partial charge in [-0.1, -0.05) is 44.2 Å². The Bertz CT molecular complexity index is 376. The number of hydrogen-bond donors (Lipinski definition) is 1. The Morgan fingerprint density at radius 1 is 1.16 bits per heavy atom. The average Bonchev–Trinajstić information content (AvgIpc) is 2.52. The van der Waals surface area contributed by atoms with Crippen LogP contribution >= 0.6 is 0 Å². The molecule has 1 N–H and O–H groups in total. The fraction of sp³-hybridized carbons (Fsp3) is 0.647. The van der Waals surface area contributed by atoms with Crippen molar-refractivity contribution in [1.82, 2.24) is 4.90 Å². The van der Waals surface area contributed by atoms with Crippen molar-refractivity contribution in [2.24, 2.45) is 5.92 Å². The maximum atomic E-state index is 10.7. The smallest absolute Gasteiger partial charge is 0.0662 e. The third-order valence-corrected chi connectivity index (χ3v) is 4.05. The molecule has 1 aliphatic heterocycles. The first kappa shape index (κ1) is 14.5. The highest BCUT2D eigenvalue weighted by Gasteiger charge is 2.30. The molecule has 2 nitrogen and oxygen atoms in total. The average molecular weight is 261 g/mol. The summed E-state index contributed by atoms with van der Waals surface area (Å²) in [5.74, 6) is 0.575. The summed E-state index contributed by atoms with van der Waals surface area (Å²) in [6.45, 7) is 7.53. The summed E-state index contributed by atoms with van der Waals surface area (Å²) in [7, 11) is 0. The van der Waals surface area contributed by atoms with Crippen LogP contribution in [0.3, 0.4) is 0 Å². The predicted molar refractivity (Wildman–Crippen MR) is 80.0 cm³/mol. The van der Waals surface area contributed by atoms with Gasteiger partial charge in [0.15, 0.2) is 0 Å². The maximum absolute atomic E-state index is 10.7. The molecule has 1 aliphatic rings. The maximum Gasteiger partial charge on any atom is 0.0662 e. The van der Waals surface area contributed by atoms with Crippen LogP contribution in [0.1, 0.15) is 45.1 Å². The molecule has 1 unspecified atom stereocenters. The molecule has 1 saturated heterocycles. The lowest BCUT2D eigenvalue weighted by Gasteiger charge is -2.28. The fourth-order valence-electron chi connectivity index (χ4n) is 3.20. The first-order chi connectivity index (χ1) is 9.07. The van der Waals surface area contributed by atoms with E-state index in [9.17, 15) is 5.11 Å². The van der Waals surface area contributed by atoms with Crippen LogP contribution in [0.2, 0.25) is 0 Å². The summed E-state index contributed by atoms with van der Waals surface area (Å²) in [5.41, 5.74) is 0.941. The SMILES string of the molecule is CC(C)CC1(O)CCCN(Cc2ccccc2)CC1. The molecular formula is C17H27NO. The minimum Gasteiger partial charge on any atom is -0.390 e. The van der Waals surface area contributed by atoms with Crippen LogP contribution in [0.25, 0.3) is 0 Å². The fourth-order valence-corrected chi connectivity index (χ4v) is 3.20. The molecule has 0 spiro atoms. The topological polar surface area (TPSA) is 23.5 Å². The van der Waals surface area contributed by atoms with Crippen molar-refractivity contribution in [3.05, 3.63) is 35.9 Å². The van der Waals surface area contributed by atoms with Gasteiger partial charge in [0.25, 0.3) is 0 Å². The van der Waals surface area contributed by atoms with Crippen LogP contribution in [-0.2, 0) is 6.54 Å². The van der Waals surface area contributed by atoms with Gasteiger partial charge in [-0.2, -0.15) is 0 Å². The minimum absolute atomic E-state index is 0.431. The zero-order valence-corrected chi connectivity index (χ0v) is 12.3. The minimum atomic E-state index is -0.431. The highest BCUT2D eigenvalue weighted by atomic mass is 16.3. The van der Waals surface area contributed by atoms with Gasteiger partial charge in [0, 0.05) is 13.1 Å². The second-order valence-electron chi connectivity index (χ2n) is 6.44. The first-order valence-electron chi connectivity index (χ1n) is 7.56. The second kappa shape index (κ2) is 6.53. The van der Waals surface area contributed by atoms with Gasteiger partial charge >= 0.3 is 0 Å². The number of rotatable bonds is 4. The number of aliphatic hydroxyl groups is 1. The molecule has 0 aliphatic carbocycles. The van der Waals surface area contributed by atoms with Crippen LogP contribution in [0.4, 0.5) is 0 Å². The van der Waals surface area contributed by atoms with Gasteiger partial charge in [-0.05, 0) is 43.7 Å². The van der Waals surface area contributed by atoms with Crippen molar-refractivity contribution in [2.75, 3.05) is 13.1 Å². The lowest BCUT2D eigenvalue weighted by Crippen LogP contribution is -2.32. The summed E-state index contributed by atoms with van der Waals surface area (Å²) >= 11 is 0. The highest BCUT2D eigenvalue weighted by Crippen LogP contribution is 2.29. The van der Waals surface area contributed by atoms with E-state index in [4.69, 9.17) is 0 Å². The molecule has 1 fully saturated rings. The molecule has 0 saturated carbocycles. The molecule has 0 aromatic heterocycles. The first-order valence-corrected chi connectivity index (χ1v) is 7.56. The summed E-state index contributed by atoms with van der Waals surface area (Å²) in [5, 5.41) is 10.7. The molecule has 2 heteroatoms. The van der Waals surface area contributed by atoms with Gasteiger partial charge < -0.3 is 5.11 Å². The number of likely N-dealkylation sites (tertiary alicyclic amines) is 1. The van der Waals surface area contributed by atoms with Crippen molar-refractivity contribution >= 4 is 0 Å². The third-order valence-electron chi connectivity index (χ3n) is 4.05. The Hall–Kier alpha value is -0.860. The summed E-state index contributed by atoms with van der Waals surface area (Å²) < 4.78 is 0. The van der Waals surface area contributed by atoms with E-state index >= 15 is 0 Å². The Labute approximate surface area is 117 Å². The van der Waals surface area contributed by atoms with Gasteiger partial charge in [-0.25, -0.2) is 0 Å². The second-order valence-corrected chi connectivity index (χ2v) is 6.44. The largest absolute Gasteiger partial charge is 0.390 e. The predicted octanol–water partition coefficient (Wildman–Crippen LogP) is 3.45. The molecule has 0 amide bonds. The van der Waals surface area contributed by atoms with Crippen LogP contribution in [0.15, 0.2) is 30.3 Å². The van der Waals surface area contributed by atoms with Crippen LogP contribution < -0.4 is 0 Å². The molecular weight excluding hydrogens is 234 g/mol. The summed E-state index contributed by atoms with van der Waals surface area (Å²) in [6, 6.07) is 10.6. The third kappa shape index (κ3) is 4.63. The Balaban J connectivity index is 1.90. The summed E-state index contributed by atoms with van der Waals surface area (Å²) in [6.07, 6.45) is 3.91. The van der Waals surface area contributed by atoms with Gasteiger partial charge in [0.05, 0.1) is 5.60 Å². The zero-order valence-electron chi connectivity index (χ0n) is 12.3. The van der Waals surface area contributed by atoms with E-state index in [1.54, 1.807) is 0 Å². The van der Waals surface area contributed by atoms with E-state index in [0.717, 1.165) is 45.3 Å². The molecule has 0 radical (unpaired) electrons. The zero-order chi connectivity index (χ0) is 13.7.